The van der Waals surface area contributed by atoms with Crippen LogP contribution < -0.4 is 15.2 Å². The standard InChI is InChI=1S/C13H8Cl3FN2O4/c1-22-11-4(14)2-5(17)8(10(11)16)7-3-6(18)9(15)12(19-7)23-13(20)21/h2-3H,1H3,(H2,18,19)(H,20,21). The molecule has 0 radical (unpaired) electrons. The van der Waals surface area contributed by atoms with E-state index in [2.05, 4.69) is 9.72 Å². The summed E-state index contributed by atoms with van der Waals surface area (Å²) in [4.78, 5) is 14.5. The third-order valence-electron chi connectivity index (χ3n) is 2.73. The first-order chi connectivity index (χ1) is 10.8. The highest BCUT2D eigenvalue weighted by atomic mass is 35.5. The van der Waals surface area contributed by atoms with Crippen molar-refractivity contribution in [3.63, 3.8) is 0 Å². The van der Waals surface area contributed by atoms with Crippen molar-refractivity contribution in [2.75, 3.05) is 12.8 Å². The molecule has 1 aromatic carbocycles. The minimum atomic E-state index is -1.66. The van der Waals surface area contributed by atoms with Crippen molar-refractivity contribution in [2.45, 2.75) is 0 Å². The quantitative estimate of drug-likeness (QED) is 0.760. The summed E-state index contributed by atoms with van der Waals surface area (Å²) in [6, 6.07) is 2.19. The van der Waals surface area contributed by atoms with Gasteiger partial charge in [0.2, 0.25) is 5.88 Å². The van der Waals surface area contributed by atoms with E-state index in [1.54, 1.807) is 0 Å². The average molecular weight is 382 g/mol. The van der Waals surface area contributed by atoms with E-state index in [0.29, 0.717) is 0 Å². The van der Waals surface area contributed by atoms with E-state index in [9.17, 15) is 9.18 Å². The van der Waals surface area contributed by atoms with Crippen LogP contribution in [-0.2, 0) is 0 Å². The summed E-state index contributed by atoms with van der Waals surface area (Å²) in [6.07, 6.45) is -1.66. The highest BCUT2D eigenvalue weighted by molar-refractivity contribution is 6.39. The second kappa shape index (κ2) is 6.66. The van der Waals surface area contributed by atoms with E-state index in [0.717, 1.165) is 6.07 Å². The number of ether oxygens (including phenoxy) is 2. The van der Waals surface area contributed by atoms with Crippen molar-refractivity contribution >= 4 is 46.6 Å². The van der Waals surface area contributed by atoms with Crippen molar-refractivity contribution in [3.8, 4) is 22.9 Å². The summed E-state index contributed by atoms with van der Waals surface area (Å²) >= 11 is 17.7. The van der Waals surface area contributed by atoms with Crippen molar-refractivity contribution in [1.29, 1.82) is 0 Å². The highest BCUT2D eigenvalue weighted by Gasteiger charge is 2.22. The molecule has 0 saturated carbocycles. The van der Waals surface area contributed by atoms with Gasteiger partial charge in [-0.3, -0.25) is 0 Å². The molecule has 3 N–H and O–H groups in total. The van der Waals surface area contributed by atoms with Gasteiger partial charge in [-0.05, 0) is 12.1 Å². The largest absolute Gasteiger partial charge is 0.512 e. The zero-order chi connectivity index (χ0) is 17.3. The second-order valence-electron chi connectivity index (χ2n) is 4.15. The Morgan fingerprint density at radius 3 is 2.52 bits per heavy atom. The topological polar surface area (TPSA) is 94.7 Å². The van der Waals surface area contributed by atoms with Crippen LogP contribution in [0.2, 0.25) is 15.1 Å². The fourth-order valence-electron chi connectivity index (χ4n) is 1.80. The number of hydrogen-bond acceptors (Lipinski definition) is 5. The van der Waals surface area contributed by atoms with Gasteiger partial charge >= 0.3 is 6.16 Å². The molecule has 1 aromatic heterocycles. The van der Waals surface area contributed by atoms with Gasteiger partial charge in [0.05, 0.1) is 34.1 Å². The number of nitrogen functional groups attached to an aromatic ring is 1. The van der Waals surface area contributed by atoms with Gasteiger partial charge in [-0.1, -0.05) is 34.8 Å². The number of halogens is 4. The first-order valence-electron chi connectivity index (χ1n) is 5.84. The molecule has 2 aromatic rings. The summed E-state index contributed by atoms with van der Waals surface area (Å²) < 4.78 is 23.7. The zero-order valence-corrected chi connectivity index (χ0v) is 13.6. The zero-order valence-electron chi connectivity index (χ0n) is 11.4. The third-order valence-corrected chi connectivity index (χ3v) is 3.75. The van der Waals surface area contributed by atoms with Gasteiger partial charge in [0, 0.05) is 0 Å². The number of carboxylic acid groups (broad SMARTS) is 1. The molecule has 0 aliphatic heterocycles. The van der Waals surface area contributed by atoms with Crippen LogP contribution in [-0.4, -0.2) is 23.4 Å². The number of nitrogens with zero attached hydrogens (tertiary/aromatic N) is 1. The van der Waals surface area contributed by atoms with Gasteiger partial charge in [0.25, 0.3) is 0 Å². The molecule has 2 rings (SSSR count). The van der Waals surface area contributed by atoms with E-state index < -0.39 is 17.9 Å². The van der Waals surface area contributed by atoms with Crippen LogP contribution in [0.3, 0.4) is 0 Å². The third kappa shape index (κ3) is 3.36. The normalized spacial score (nSPS) is 10.5. The Labute approximate surface area is 144 Å². The smallest absolute Gasteiger partial charge is 0.494 e. The minimum absolute atomic E-state index is 0.0285. The average Bonchev–Trinajstić information content (AvgIpc) is 2.43. The van der Waals surface area contributed by atoms with E-state index in [1.165, 1.54) is 13.2 Å². The Morgan fingerprint density at radius 1 is 1.30 bits per heavy atom. The van der Waals surface area contributed by atoms with Crippen LogP contribution in [0.4, 0.5) is 14.9 Å². The maximum atomic E-state index is 14.2. The number of methoxy groups -OCH3 is 1. The van der Waals surface area contributed by atoms with Crippen LogP contribution in [0, 0.1) is 5.82 Å². The number of carbonyl (C=O) groups is 1. The van der Waals surface area contributed by atoms with Crippen molar-refractivity contribution < 1.29 is 23.8 Å². The number of anilines is 1. The Bertz CT molecular complexity index is 802. The summed E-state index contributed by atoms with van der Waals surface area (Å²) in [7, 11) is 1.30. The summed E-state index contributed by atoms with van der Waals surface area (Å²) in [5.74, 6) is -1.28. The Morgan fingerprint density at radius 2 is 1.96 bits per heavy atom. The van der Waals surface area contributed by atoms with E-state index in [-0.39, 0.29) is 37.8 Å². The van der Waals surface area contributed by atoms with Gasteiger partial charge in [-0.15, -0.1) is 0 Å². The molecule has 1 heterocycles. The number of aromatic nitrogens is 1. The number of benzene rings is 1. The molecule has 0 unspecified atom stereocenters. The summed E-state index contributed by atoms with van der Waals surface area (Å²) in [5, 5.41) is 8.25. The molecule has 0 bridgehead atoms. The van der Waals surface area contributed by atoms with E-state index >= 15 is 0 Å². The molecule has 10 heteroatoms. The molecule has 122 valence electrons. The maximum Gasteiger partial charge on any atom is 0.512 e. The number of rotatable bonds is 3. The van der Waals surface area contributed by atoms with Crippen molar-refractivity contribution in [3.05, 3.63) is 33.0 Å². The Hall–Kier alpha value is -1.96. The fraction of sp³-hybridized carbons (Fsp3) is 0.0769. The van der Waals surface area contributed by atoms with Gasteiger partial charge in [-0.2, -0.15) is 0 Å². The van der Waals surface area contributed by atoms with Gasteiger partial charge in [0.1, 0.15) is 10.8 Å². The molecule has 0 spiro atoms. The number of pyridine rings is 1. The fourth-order valence-corrected chi connectivity index (χ4v) is 2.61. The molecule has 0 aliphatic rings. The first kappa shape index (κ1) is 17.4. The van der Waals surface area contributed by atoms with Crippen LogP contribution in [0.25, 0.3) is 11.3 Å². The molecule has 6 nitrogen and oxygen atoms in total. The molecule has 0 fully saturated rings. The first-order valence-corrected chi connectivity index (χ1v) is 6.98. The lowest BCUT2D eigenvalue weighted by atomic mass is 10.1. The summed E-state index contributed by atoms with van der Waals surface area (Å²) in [6.45, 7) is 0. The predicted octanol–water partition coefficient (Wildman–Crippen LogP) is 4.50. The molecular weight excluding hydrogens is 374 g/mol. The Balaban J connectivity index is 2.72. The van der Waals surface area contributed by atoms with Crippen molar-refractivity contribution in [2.24, 2.45) is 0 Å². The molecule has 23 heavy (non-hydrogen) atoms. The van der Waals surface area contributed by atoms with Crippen LogP contribution in [0.15, 0.2) is 12.1 Å². The van der Waals surface area contributed by atoms with E-state index in [4.69, 9.17) is 50.4 Å². The van der Waals surface area contributed by atoms with Gasteiger partial charge < -0.3 is 20.3 Å². The van der Waals surface area contributed by atoms with Gasteiger partial charge in [-0.25, -0.2) is 14.2 Å². The number of nitrogens with two attached hydrogens (primary N) is 1. The lowest BCUT2D eigenvalue weighted by Gasteiger charge is -2.13. The van der Waals surface area contributed by atoms with Crippen LogP contribution in [0.1, 0.15) is 0 Å². The predicted molar refractivity (Wildman–Crippen MR) is 84.3 cm³/mol. The monoisotopic (exact) mass is 380 g/mol. The SMILES string of the molecule is COc1c(Cl)cc(F)c(-c2cc(N)c(Cl)c(OC(=O)O)n2)c1Cl. The van der Waals surface area contributed by atoms with Gasteiger partial charge in [0.15, 0.2) is 5.75 Å². The van der Waals surface area contributed by atoms with Crippen LogP contribution >= 0.6 is 34.8 Å². The molecule has 0 amide bonds. The molecule has 0 saturated heterocycles. The molecule has 0 aliphatic carbocycles. The Kier molecular flexibility index (Phi) is 5.03. The molecule has 0 atom stereocenters. The van der Waals surface area contributed by atoms with Crippen LogP contribution in [0.5, 0.6) is 11.6 Å². The lowest BCUT2D eigenvalue weighted by molar-refractivity contribution is 0.142. The van der Waals surface area contributed by atoms with E-state index in [1.807, 2.05) is 0 Å². The summed E-state index contributed by atoms with van der Waals surface area (Å²) in [5.41, 5.74) is 5.31. The van der Waals surface area contributed by atoms with Crippen molar-refractivity contribution in [1.82, 2.24) is 4.98 Å². The minimum Gasteiger partial charge on any atom is -0.494 e. The maximum absolute atomic E-state index is 14.2. The molecular formula is C13H8Cl3FN2O4. The second-order valence-corrected chi connectivity index (χ2v) is 5.31. The highest BCUT2D eigenvalue weighted by Crippen LogP contribution is 2.43. The lowest BCUT2D eigenvalue weighted by Crippen LogP contribution is -2.07. The number of hydrogen-bond donors (Lipinski definition) is 2.